The average molecular weight is 262 g/mol. The number of hydrogen-bond acceptors (Lipinski definition) is 2. The summed E-state index contributed by atoms with van der Waals surface area (Å²) in [5.74, 6) is 0.858. The molecule has 0 amide bonds. The molecule has 0 saturated carbocycles. The van der Waals surface area contributed by atoms with Gasteiger partial charge in [-0.3, -0.25) is 0 Å². The number of benzene rings is 2. The molecule has 2 nitrogen and oxygen atoms in total. The lowest BCUT2D eigenvalue weighted by atomic mass is 10.2. The molecule has 0 aliphatic rings. The highest BCUT2D eigenvalue weighted by atomic mass is 16.5. The monoisotopic (exact) mass is 262 g/mol. The van der Waals surface area contributed by atoms with E-state index in [1.165, 1.54) is 5.56 Å². The van der Waals surface area contributed by atoms with Crippen LogP contribution in [-0.2, 0) is 13.0 Å². The normalized spacial score (nSPS) is 10.7. The third kappa shape index (κ3) is 2.80. The number of aromatic nitrogens is 1. The largest absolute Gasteiger partial charge is 0.487 e. The van der Waals surface area contributed by atoms with E-state index in [0.29, 0.717) is 6.61 Å². The van der Waals surface area contributed by atoms with E-state index >= 15 is 0 Å². The Kier molecular flexibility index (Phi) is 3.64. The van der Waals surface area contributed by atoms with E-state index < -0.39 is 0 Å². The summed E-state index contributed by atoms with van der Waals surface area (Å²) >= 11 is 0. The van der Waals surface area contributed by atoms with Crippen LogP contribution in [-0.4, -0.2) is 4.98 Å². The lowest BCUT2D eigenvalue weighted by Crippen LogP contribution is -1.98. The van der Waals surface area contributed by atoms with Gasteiger partial charge in [-0.25, -0.2) is 4.98 Å². The summed E-state index contributed by atoms with van der Waals surface area (Å²) in [7, 11) is 0. The van der Waals surface area contributed by atoms with Gasteiger partial charge in [0.15, 0.2) is 0 Å². The van der Waals surface area contributed by atoms with Gasteiger partial charge in [-0.1, -0.05) is 36.4 Å². The van der Waals surface area contributed by atoms with Crippen molar-refractivity contribution in [2.75, 3.05) is 0 Å². The molecule has 1 aromatic heterocycles. The smallest absolute Gasteiger partial charge is 0.130 e. The standard InChI is InChI=1S/C18H16NO/c1-2-14-7-11-17(12-8-14)20-13-16-10-9-15-5-3-4-6-18(15)19-16/h3-12H,1-2,13H2. The van der Waals surface area contributed by atoms with Gasteiger partial charge in [-0.05, 0) is 43.2 Å². The van der Waals surface area contributed by atoms with Crippen LogP contribution in [0.4, 0.5) is 0 Å². The number of para-hydroxylation sites is 1. The van der Waals surface area contributed by atoms with Crippen molar-refractivity contribution in [1.82, 2.24) is 4.98 Å². The Morgan fingerprint density at radius 2 is 1.70 bits per heavy atom. The summed E-state index contributed by atoms with van der Waals surface area (Å²) in [6.07, 6.45) is 0.798. The van der Waals surface area contributed by atoms with Crippen LogP contribution in [0.25, 0.3) is 10.9 Å². The Hall–Kier alpha value is -2.35. The molecule has 0 atom stereocenters. The second-order valence-electron chi connectivity index (χ2n) is 4.68. The SMILES string of the molecule is [CH2]Cc1ccc(OCc2ccc3ccccc3n2)cc1. The van der Waals surface area contributed by atoms with E-state index in [0.717, 1.165) is 28.8 Å². The van der Waals surface area contributed by atoms with Crippen molar-refractivity contribution in [3.8, 4) is 5.75 Å². The fraction of sp³-hybridized carbons (Fsp3) is 0.111. The summed E-state index contributed by atoms with van der Waals surface area (Å²) in [6, 6.07) is 20.2. The van der Waals surface area contributed by atoms with Crippen LogP contribution in [0.5, 0.6) is 5.75 Å². The molecule has 0 N–H and O–H groups in total. The van der Waals surface area contributed by atoms with Gasteiger partial charge in [-0.2, -0.15) is 0 Å². The molecule has 3 rings (SSSR count). The quantitative estimate of drug-likeness (QED) is 0.703. The Balaban J connectivity index is 1.72. The van der Waals surface area contributed by atoms with Gasteiger partial charge in [0.25, 0.3) is 0 Å². The summed E-state index contributed by atoms with van der Waals surface area (Å²) in [6.45, 7) is 4.34. The van der Waals surface area contributed by atoms with Gasteiger partial charge in [0, 0.05) is 5.39 Å². The Labute approximate surface area is 119 Å². The third-order valence-corrected chi connectivity index (χ3v) is 3.25. The van der Waals surface area contributed by atoms with Gasteiger partial charge in [0.05, 0.1) is 11.2 Å². The van der Waals surface area contributed by atoms with Crippen LogP contribution in [0.1, 0.15) is 11.3 Å². The molecule has 0 bridgehead atoms. The van der Waals surface area contributed by atoms with E-state index in [9.17, 15) is 0 Å². The Bertz CT molecular complexity index is 704. The molecule has 0 unspecified atom stereocenters. The molecule has 0 fully saturated rings. The molecule has 2 heteroatoms. The molecule has 3 aromatic rings. The second-order valence-corrected chi connectivity index (χ2v) is 4.68. The van der Waals surface area contributed by atoms with Crippen molar-refractivity contribution in [3.63, 3.8) is 0 Å². The highest BCUT2D eigenvalue weighted by molar-refractivity contribution is 5.78. The Morgan fingerprint density at radius 3 is 2.50 bits per heavy atom. The minimum absolute atomic E-state index is 0.481. The van der Waals surface area contributed by atoms with Gasteiger partial charge < -0.3 is 4.74 Å². The number of rotatable bonds is 4. The first-order valence-corrected chi connectivity index (χ1v) is 6.71. The van der Waals surface area contributed by atoms with Gasteiger partial charge in [0.1, 0.15) is 12.4 Å². The van der Waals surface area contributed by atoms with E-state index in [2.05, 4.69) is 24.0 Å². The fourth-order valence-electron chi connectivity index (χ4n) is 2.10. The first-order valence-electron chi connectivity index (χ1n) is 6.71. The van der Waals surface area contributed by atoms with E-state index in [1.807, 2.05) is 48.5 Å². The minimum Gasteiger partial charge on any atom is -0.487 e. The van der Waals surface area contributed by atoms with Crippen LogP contribution in [0.2, 0.25) is 0 Å². The predicted molar refractivity (Wildman–Crippen MR) is 81.6 cm³/mol. The molecule has 1 heterocycles. The highest BCUT2D eigenvalue weighted by Gasteiger charge is 2.00. The number of nitrogens with zero attached hydrogens (tertiary/aromatic N) is 1. The van der Waals surface area contributed by atoms with Crippen molar-refractivity contribution in [1.29, 1.82) is 0 Å². The second kappa shape index (κ2) is 5.74. The van der Waals surface area contributed by atoms with Crippen LogP contribution in [0, 0.1) is 6.92 Å². The molecule has 0 saturated heterocycles. The molecule has 0 aliphatic carbocycles. The van der Waals surface area contributed by atoms with Crippen LogP contribution in [0.15, 0.2) is 60.7 Å². The predicted octanol–water partition coefficient (Wildman–Crippen LogP) is 4.19. The average Bonchev–Trinajstić information content (AvgIpc) is 2.53. The molecular formula is C18H16NO. The zero-order valence-electron chi connectivity index (χ0n) is 11.3. The number of hydrogen-bond donors (Lipinski definition) is 0. The maximum absolute atomic E-state index is 5.76. The summed E-state index contributed by atoms with van der Waals surface area (Å²) < 4.78 is 5.76. The minimum atomic E-state index is 0.481. The number of pyridine rings is 1. The molecule has 2 aromatic carbocycles. The van der Waals surface area contributed by atoms with Crippen LogP contribution >= 0.6 is 0 Å². The van der Waals surface area contributed by atoms with Gasteiger partial charge in [-0.15, -0.1) is 0 Å². The summed E-state index contributed by atoms with van der Waals surface area (Å²) in [5, 5.41) is 1.15. The Morgan fingerprint density at radius 1 is 0.900 bits per heavy atom. The van der Waals surface area contributed by atoms with Crippen LogP contribution in [0.3, 0.4) is 0 Å². The zero-order valence-corrected chi connectivity index (χ0v) is 11.3. The highest BCUT2D eigenvalue weighted by Crippen LogP contribution is 2.16. The first kappa shape index (κ1) is 12.7. The van der Waals surface area contributed by atoms with Crippen molar-refractivity contribution in [3.05, 3.63) is 78.8 Å². The molecule has 0 spiro atoms. The van der Waals surface area contributed by atoms with Gasteiger partial charge in [0.2, 0.25) is 0 Å². The van der Waals surface area contributed by atoms with E-state index in [1.54, 1.807) is 0 Å². The van der Waals surface area contributed by atoms with E-state index in [-0.39, 0.29) is 0 Å². The lowest BCUT2D eigenvalue weighted by Gasteiger charge is -2.07. The lowest BCUT2D eigenvalue weighted by molar-refractivity contribution is 0.301. The summed E-state index contributed by atoms with van der Waals surface area (Å²) in [4.78, 5) is 4.59. The van der Waals surface area contributed by atoms with Crippen molar-refractivity contribution < 1.29 is 4.74 Å². The summed E-state index contributed by atoms with van der Waals surface area (Å²) in [5.41, 5.74) is 3.15. The molecule has 20 heavy (non-hydrogen) atoms. The maximum atomic E-state index is 5.76. The van der Waals surface area contributed by atoms with Crippen molar-refractivity contribution >= 4 is 10.9 Å². The van der Waals surface area contributed by atoms with Crippen molar-refractivity contribution in [2.45, 2.75) is 13.0 Å². The zero-order chi connectivity index (χ0) is 13.8. The number of fused-ring (bicyclic) bond motifs is 1. The maximum Gasteiger partial charge on any atom is 0.130 e. The van der Waals surface area contributed by atoms with Crippen molar-refractivity contribution in [2.24, 2.45) is 0 Å². The van der Waals surface area contributed by atoms with Gasteiger partial charge >= 0.3 is 0 Å². The molecule has 99 valence electrons. The third-order valence-electron chi connectivity index (χ3n) is 3.25. The topological polar surface area (TPSA) is 22.1 Å². The fourth-order valence-corrected chi connectivity index (χ4v) is 2.10. The number of ether oxygens (including phenoxy) is 1. The molecule has 0 aliphatic heterocycles. The van der Waals surface area contributed by atoms with E-state index in [4.69, 9.17) is 4.74 Å². The first-order chi connectivity index (χ1) is 9.85. The van der Waals surface area contributed by atoms with Crippen LogP contribution < -0.4 is 4.74 Å². The molecule has 1 radical (unpaired) electrons. The molecular weight excluding hydrogens is 246 g/mol.